The minimum absolute atomic E-state index is 0.119. The highest BCUT2D eigenvalue weighted by Crippen LogP contribution is 2.23. The summed E-state index contributed by atoms with van der Waals surface area (Å²) in [7, 11) is 2.04. The van der Waals surface area contributed by atoms with Gasteiger partial charge in [-0.3, -0.25) is 0 Å². The van der Waals surface area contributed by atoms with Gasteiger partial charge < -0.3 is 10.2 Å². The lowest BCUT2D eigenvalue weighted by Crippen LogP contribution is -2.35. The maximum Gasteiger partial charge on any atom is 0.128 e. The molecule has 21 heavy (non-hydrogen) atoms. The second kappa shape index (κ2) is 6.77. The molecule has 0 bridgehead atoms. The van der Waals surface area contributed by atoms with Gasteiger partial charge in [0.05, 0.1) is 10.9 Å². The van der Waals surface area contributed by atoms with E-state index in [1.807, 2.05) is 19.3 Å². The third-order valence-electron chi connectivity index (χ3n) is 3.04. The van der Waals surface area contributed by atoms with Gasteiger partial charge in [0.15, 0.2) is 0 Å². The van der Waals surface area contributed by atoms with Crippen LogP contribution in [0.1, 0.15) is 31.2 Å². The summed E-state index contributed by atoms with van der Waals surface area (Å²) < 4.78 is 0.829. The maximum atomic E-state index is 5.96. The maximum absolute atomic E-state index is 5.96. The number of halogens is 1. The first-order chi connectivity index (χ1) is 9.83. The lowest BCUT2D eigenvalue weighted by molar-refractivity contribution is 0.424. The van der Waals surface area contributed by atoms with E-state index in [0.717, 1.165) is 23.2 Å². The zero-order valence-corrected chi connectivity index (χ0v) is 14.6. The molecule has 0 saturated heterocycles. The molecule has 0 aliphatic rings. The molecule has 0 spiro atoms. The minimum Gasteiger partial charge on any atom is -0.355 e. The highest BCUT2D eigenvalue weighted by atomic mass is 35.5. The van der Waals surface area contributed by atoms with E-state index >= 15 is 0 Å². The van der Waals surface area contributed by atoms with Crippen LogP contribution in [-0.4, -0.2) is 17.6 Å². The van der Waals surface area contributed by atoms with Crippen LogP contribution in [0.2, 0.25) is 4.34 Å². The lowest BCUT2D eigenvalue weighted by Gasteiger charge is -2.21. The van der Waals surface area contributed by atoms with Crippen molar-refractivity contribution in [3.63, 3.8) is 0 Å². The molecular weight excluding hydrogens is 302 g/mol. The predicted octanol–water partition coefficient (Wildman–Crippen LogP) is 4.32. The van der Waals surface area contributed by atoms with Crippen LogP contribution in [0.15, 0.2) is 30.5 Å². The van der Waals surface area contributed by atoms with Crippen molar-refractivity contribution >= 4 is 28.8 Å². The average Bonchev–Trinajstić information content (AvgIpc) is 2.81. The van der Waals surface area contributed by atoms with E-state index in [1.165, 1.54) is 10.4 Å². The molecule has 0 fully saturated rings. The Morgan fingerprint density at radius 3 is 2.52 bits per heavy atom. The quantitative estimate of drug-likeness (QED) is 0.888. The third-order valence-corrected chi connectivity index (χ3v) is 4.26. The first-order valence-electron chi connectivity index (χ1n) is 6.99. The molecule has 0 unspecified atom stereocenters. The van der Waals surface area contributed by atoms with Crippen LogP contribution in [0.5, 0.6) is 0 Å². The smallest absolute Gasteiger partial charge is 0.128 e. The Morgan fingerprint density at radius 2 is 2.00 bits per heavy atom. The Morgan fingerprint density at radius 1 is 1.24 bits per heavy atom. The van der Waals surface area contributed by atoms with Gasteiger partial charge >= 0.3 is 0 Å². The molecule has 0 aromatic carbocycles. The molecule has 2 aromatic rings. The molecule has 0 amide bonds. The van der Waals surface area contributed by atoms with Gasteiger partial charge in [-0.05, 0) is 44.5 Å². The number of anilines is 1. The third kappa shape index (κ3) is 5.30. The molecular formula is C16H22ClN3S. The number of nitrogens with one attached hydrogen (secondary N) is 1. The van der Waals surface area contributed by atoms with Crippen LogP contribution in [-0.2, 0) is 13.1 Å². The van der Waals surface area contributed by atoms with Crippen molar-refractivity contribution in [3.8, 4) is 0 Å². The molecule has 1 N–H and O–H groups in total. The SMILES string of the molecule is CN(Cc1ccc(Cl)s1)c1ccc(CNC(C)(C)C)cn1. The molecule has 0 aliphatic heterocycles. The molecule has 0 radical (unpaired) electrons. The van der Waals surface area contributed by atoms with E-state index in [0.29, 0.717) is 0 Å². The largest absolute Gasteiger partial charge is 0.355 e. The Bertz CT molecular complexity index is 572. The summed E-state index contributed by atoms with van der Waals surface area (Å²) in [6.45, 7) is 8.14. The van der Waals surface area contributed by atoms with Crippen molar-refractivity contribution in [2.45, 2.75) is 39.4 Å². The number of aromatic nitrogens is 1. The molecule has 114 valence electrons. The van der Waals surface area contributed by atoms with E-state index in [-0.39, 0.29) is 5.54 Å². The topological polar surface area (TPSA) is 28.2 Å². The van der Waals surface area contributed by atoms with Crippen molar-refractivity contribution in [2.75, 3.05) is 11.9 Å². The van der Waals surface area contributed by atoms with Crippen LogP contribution in [0.4, 0.5) is 5.82 Å². The normalized spacial score (nSPS) is 11.7. The first-order valence-corrected chi connectivity index (χ1v) is 8.18. The Labute approximate surface area is 136 Å². The summed E-state index contributed by atoms with van der Waals surface area (Å²) in [5, 5.41) is 3.46. The molecule has 0 atom stereocenters. The summed E-state index contributed by atoms with van der Waals surface area (Å²) in [5.41, 5.74) is 1.31. The van der Waals surface area contributed by atoms with Gasteiger partial charge in [0, 0.05) is 30.2 Å². The van der Waals surface area contributed by atoms with Gasteiger partial charge in [0.1, 0.15) is 5.82 Å². The van der Waals surface area contributed by atoms with Crippen LogP contribution in [0.3, 0.4) is 0 Å². The summed E-state index contributed by atoms with van der Waals surface area (Å²) in [6, 6.07) is 8.18. The number of rotatable bonds is 5. The van der Waals surface area contributed by atoms with Crippen LogP contribution in [0.25, 0.3) is 0 Å². The second-order valence-corrected chi connectivity index (χ2v) is 7.99. The van der Waals surface area contributed by atoms with Crippen molar-refractivity contribution in [1.82, 2.24) is 10.3 Å². The number of thiophene rings is 1. The number of pyridine rings is 1. The van der Waals surface area contributed by atoms with Gasteiger partial charge in [0.2, 0.25) is 0 Å². The fourth-order valence-electron chi connectivity index (χ4n) is 1.87. The fourth-order valence-corrected chi connectivity index (χ4v) is 3.01. The summed E-state index contributed by atoms with van der Waals surface area (Å²) in [4.78, 5) is 7.91. The standard InChI is InChI=1S/C16H22ClN3S/c1-16(2,3)19-10-12-5-8-15(18-9-12)20(4)11-13-6-7-14(17)21-13/h5-9,19H,10-11H2,1-4H3. The average molecular weight is 324 g/mol. The minimum atomic E-state index is 0.119. The molecule has 2 heterocycles. The van der Waals surface area contributed by atoms with Crippen molar-refractivity contribution in [1.29, 1.82) is 0 Å². The van der Waals surface area contributed by atoms with E-state index in [2.05, 4.69) is 54.2 Å². The van der Waals surface area contributed by atoms with Gasteiger partial charge in [-0.1, -0.05) is 17.7 Å². The molecule has 2 rings (SSSR count). The number of nitrogens with zero attached hydrogens (tertiary/aromatic N) is 2. The van der Waals surface area contributed by atoms with E-state index in [1.54, 1.807) is 11.3 Å². The lowest BCUT2D eigenvalue weighted by atomic mass is 10.1. The molecule has 3 nitrogen and oxygen atoms in total. The molecule has 2 aromatic heterocycles. The Balaban J connectivity index is 1.94. The Kier molecular flexibility index (Phi) is 5.25. The zero-order valence-electron chi connectivity index (χ0n) is 13.0. The van der Waals surface area contributed by atoms with Crippen LogP contribution in [0, 0.1) is 0 Å². The van der Waals surface area contributed by atoms with Gasteiger partial charge in [0.25, 0.3) is 0 Å². The van der Waals surface area contributed by atoms with Crippen molar-refractivity contribution < 1.29 is 0 Å². The van der Waals surface area contributed by atoms with Gasteiger partial charge in [-0.2, -0.15) is 0 Å². The fraction of sp³-hybridized carbons (Fsp3) is 0.438. The summed E-state index contributed by atoms with van der Waals surface area (Å²) in [5.74, 6) is 0.971. The second-order valence-electron chi connectivity index (χ2n) is 6.19. The highest BCUT2D eigenvalue weighted by Gasteiger charge is 2.09. The van der Waals surface area contributed by atoms with Crippen molar-refractivity contribution in [3.05, 3.63) is 45.2 Å². The summed E-state index contributed by atoms with van der Waals surface area (Å²) >= 11 is 7.57. The Hall–Kier alpha value is -1.10. The van der Waals surface area contributed by atoms with E-state index in [4.69, 9.17) is 11.6 Å². The summed E-state index contributed by atoms with van der Waals surface area (Å²) in [6.07, 6.45) is 1.94. The van der Waals surface area contributed by atoms with Crippen LogP contribution < -0.4 is 10.2 Å². The van der Waals surface area contributed by atoms with Gasteiger partial charge in [-0.25, -0.2) is 4.98 Å². The molecule has 0 aliphatic carbocycles. The van der Waals surface area contributed by atoms with Crippen molar-refractivity contribution in [2.24, 2.45) is 0 Å². The van der Waals surface area contributed by atoms with Gasteiger partial charge in [-0.15, -0.1) is 11.3 Å². The monoisotopic (exact) mass is 323 g/mol. The highest BCUT2D eigenvalue weighted by molar-refractivity contribution is 7.16. The van der Waals surface area contributed by atoms with E-state index in [9.17, 15) is 0 Å². The predicted molar refractivity (Wildman–Crippen MR) is 92.3 cm³/mol. The number of hydrogen-bond donors (Lipinski definition) is 1. The molecule has 0 saturated carbocycles. The van der Waals surface area contributed by atoms with E-state index < -0.39 is 0 Å². The zero-order chi connectivity index (χ0) is 15.5. The molecule has 5 heteroatoms. The first kappa shape index (κ1) is 16.3. The number of hydrogen-bond acceptors (Lipinski definition) is 4. The van der Waals surface area contributed by atoms with Crippen LogP contribution >= 0.6 is 22.9 Å².